The lowest BCUT2D eigenvalue weighted by molar-refractivity contribution is -0.160. The SMILES string of the molecule is COc1ccc(C)cc1N1C[C@@H](C(=O)N2CCOC[C@@H]2C(=O)O)CC1=O. The van der Waals surface area contributed by atoms with Gasteiger partial charge in [0.15, 0.2) is 6.04 Å². The highest BCUT2D eigenvalue weighted by atomic mass is 16.5. The third-order valence-electron chi connectivity index (χ3n) is 4.80. The highest BCUT2D eigenvalue weighted by molar-refractivity contribution is 6.01. The van der Waals surface area contributed by atoms with Crippen molar-refractivity contribution >= 4 is 23.5 Å². The standard InChI is InChI=1S/C18H22N2O6/c1-11-3-4-15(25-2)13(7-11)20-9-12(8-16(20)21)17(22)19-5-6-26-10-14(19)18(23)24/h3-4,7,12,14H,5-6,8-10H2,1-2H3,(H,23,24)/t12-,14+/m0/s1. The molecule has 8 nitrogen and oxygen atoms in total. The second-order valence-corrected chi connectivity index (χ2v) is 6.54. The van der Waals surface area contributed by atoms with Crippen LogP contribution in [0.15, 0.2) is 18.2 Å². The van der Waals surface area contributed by atoms with Crippen LogP contribution in [0.3, 0.4) is 0 Å². The van der Waals surface area contributed by atoms with Gasteiger partial charge < -0.3 is 24.4 Å². The normalized spacial score (nSPS) is 23.2. The van der Waals surface area contributed by atoms with Crippen molar-refractivity contribution in [3.63, 3.8) is 0 Å². The van der Waals surface area contributed by atoms with Gasteiger partial charge in [0, 0.05) is 19.5 Å². The molecule has 1 aromatic rings. The summed E-state index contributed by atoms with van der Waals surface area (Å²) in [6.45, 7) is 2.61. The van der Waals surface area contributed by atoms with Crippen LogP contribution in [0.2, 0.25) is 0 Å². The monoisotopic (exact) mass is 362 g/mol. The van der Waals surface area contributed by atoms with Crippen molar-refractivity contribution in [2.24, 2.45) is 5.92 Å². The first-order valence-electron chi connectivity index (χ1n) is 8.48. The molecule has 2 aliphatic rings. The summed E-state index contributed by atoms with van der Waals surface area (Å²) in [5, 5.41) is 9.31. The fraction of sp³-hybridized carbons (Fsp3) is 0.500. The predicted molar refractivity (Wildman–Crippen MR) is 92.1 cm³/mol. The molecule has 140 valence electrons. The van der Waals surface area contributed by atoms with Crippen LogP contribution in [0.1, 0.15) is 12.0 Å². The topological polar surface area (TPSA) is 96.4 Å². The third-order valence-corrected chi connectivity index (χ3v) is 4.80. The largest absolute Gasteiger partial charge is 0.495 e. The molecule has 0 radical (unpaired) electrons. The van der Waals surface area contributed by atoms with Crippen LogP contribution < -0.4 is 9.64 Å². The van der Waals surface area contributed by atoms with Crippen molar-refractivity contribution in [3.05, 3.63) is 23.8 Å². The first-order chi connectivity index (χ1) is 12.4. The number of anilines is 1. The third kappa shape index (κ3) is 3.37. The lowest BCUT2D eigenvalue weighted by atomic mass is 10.1. The number of carboxylic acids is 1. The maximum absolute atomic E-state index is 12.9. The summed E-state index contributed by atoms with van der Waals surface area (Å²) in [5.41, 5.74) is 1.60. The maximum Gasteiger partial charge on any atom is 0.328 e. The summed E-state index contributed by atoms with van der Waals surface area (Å²) in [7, 11) is 1.53. The molecule has 2 saturated heterocycles. The molecule has 0 aliphatic carbocycles. The zero-order chi connectivity index (χ0) is 18.8. The number of carbonyl (C=O) groups excluding carboxylic acids is 2. The molecule has 3 rings (SSSR count). The van der Waals surface area contributed by atoms with Gasteiger partial charge in [-0.1, -0.05) is 6.07 Å². The molecule has 2 heterocycles. The maximum atomic E-state index is 12.9. The Morgan fingerprint density at radius 1 is 1.35 bits per heavy atom. The van der Waals surface area contributed by atoms with Crippen molar-refractivity contribution in [1.29, 1.82) is 0 Å². The van der Waals surface area contributed by atoms with Gasteiger partial charge in [-0.25, -0.2) is 4.79 Å². The molecule has 2 fully saturated rings. The molecule has 0 unspecified atom stereocenters. The zero-order valence-electron chi connectivity index (χ0n) is 14.8. The Morgan fingerprint density at radius 3 is 2.81 bits per heavy atom. The van der Waals surface area contributed by atoms with Gasteiger partial charge in [0.25, 0.3) is 0 Å². The van der Waals surface area contributed by atoms with Gasteiger partial charge in [-0.2, -0.15) is 0 Å². The lowest BCUT2D eigenvalue weighted by Crippen LogP contribution is -2.54. The first-order valence-corrected chi connectivity index (χ1v) is 8.48. The van der Waals surface area contributed by atoms with Gasteiger partial charge in [-0.3, -0.25) is 9.59 Å². The number of carbonyl (C=O) groups is 3. The Balaban J connectivity index is 1.80. The van der Waals surface area contributed by atoms with Crippen molar-refractivity contribution in [2.75, 3.05) is 38.3 Å². The van der Waals surface area contributed by atoms with E-state index in [4.69, 9.17) is 9.47 Å². The molecule has 2 atom stereocenters. The number of methoxy groups -OCH3 is 1. The van der Waals surface area contributed by atoms with E-state index in [-0.39, 0.29) is 37.9 Å². The molecule has 1 aromatic carbocycles. The van der Waals surface area contributed by atoms with Crippen molar-refractivity contribution in [3.8, 4) is 5.75 Å². The summed E-state index contributed by atoms with van der Waals surface area (Å²) in [4.78, 5) is 39.6. The van der Waals surface area contributed by atoms with Crippen LogP contribution in [-0.4, -0.2) is 67.2 Å². The summed E-state index contributed by atoms with van der Waals surface area (Å²) in [6, 6.07) is 4.51. The van der Waals surface area contributed by atoms with E-state index >= 15 is 0 Å². The number of benzene rings is 1. The zero-order valence-corrected chi connectivity index (χ0v) is 14.8. The second-order valence-electron chi connectivity index (χ2n) is 6.54. The Hall–Kier alpha value is -2.61. The van der Waals surface area contributed by atoms with Gasteiger partial charge >= 0.3 is 5.97 Å². The Kier molecular flexibility index (Phi) is 5.13. The number of rotatable bonds is 4. The quantitative estimate of drug-likeness (QED) is 0.846. The van der Waals surface area contributed by atoms with E-state index in [0.717, 1.165) is 5.56 Å². The van der Waals surface area contributed by atoms with E-state index in [0.29, 0.717) is 18.0 Å². The number of amides is 2. The van der Waals surface area contributed by atoms with E-state index in [1.807, 2.05) is 19.1 Å². The Bertz CT molecular complexity index is 734. The van der Waals surface area contributed by atoms with Gasteiger partial charge in [0.05, 0.1) is 31.9 Å². The van der Waals surface area contributed by atoms with Gasteiger partial charge in [-0.15, -0.1) is 0 Å². The molecule has 2 amide bonds. The van der Waals surface area contributed by atoms with E-state index in [1.165, 1.54) is 12.0 Å². The molecule has 0 aromatic heterocycles. The number of ether oxygens (including phenoxy) is 2. The molecule has 0 saturated carbocycles. The summed E-state index contributed by atoms with van der Waals surface area (Å²) in [5.74, 6) is -1.60. The average molecular weight is 362 g/mol. The van der Waals surface area contributed by atoms with Crippen molar-refractivity contribution in [1.82, 2.24) is 4.90 Å². The second kappa shape index (κ2) is 7.33. The molecule has 26 heavy (non-hydrogen) atoms. The van der Waals surface area contributed by atoms with Crippen molar-refractivity contribution < 1.29 is 29.0 Å². The summed E-state index contributed by atoms with van der Waals surface area (Å²) >= 11 is 0. The van der Waals surface area contributed by atoms with E-state index in [2.05, 4.69) is 0 Å². The number of hydrogen-bond donors (Lipinski definition) is 1. The summed E-state index contributed by atoms with van der Waals surface area (Å²) in [6.07, 6.45) is 0.0552. The van der Waals surface area contributed by atoms with Gasteiger partial charge in [0.1, 0.15) is 5.75 Å². The molecular formula is C18H22N2O6. The predicted octanol–water partition coefficient (Wildman–Crippen LogP) is 0.669. The minimum atomic E-state index is -1.10. The van der Waals surface area contributed by atoms with Crippen molar-refractivity contribution in [2.45, 2.75) is 19.4 Å². The number of aliphatic carboxylic acids is 1. The van der Waals surface area contributed by atoms with Crippen LogP contribution >= 0.6 is 0 Å². The smallest absolute Gasteiger partial charge is 0.328 e. The number of morpholine rings is 1. The van der Waals surface area contributed by atoms with Gasteiger partial charge in [-0.05, 0) is 24.6 Å². The minimum Gasteiger partial charge on any atom is -0.495 e. The highest BCUT2D eigenvalue weighted by Crippen LogP contribution is 2.34. The minimum absolute atomic E-state index is 0.0306. The Labute approximate surface area is 151 Å². The van der Waals surface area contributed by atoms with Gasteiger partial charge in [0.2, 0.25) is 11.8 Å². The molecule has 8 heteroatoms. The van der Waals surface area contributed by atoms with E-state index < -0.39 is 17.9 Å². The van der Waals surface area contributed by atoms with E-state index in [1.54, 1.807) is 11.0 Å². The van der Waals surface area contributed by atoms with Crippen LogP contribution in [0.4, 0.5) is 5.69 Å². The number of aryl methyl sites for hydroxylation is 1. The Morgan fingerprint density at radius 2 is 2.12 bits per heavy atom. The highest BCUT2D eigenvalue weighted by Gasteiger charge is 2.42. The molecular weight excluding hydrogens is 340 g/mol. The van der Waals surface area contributed by atoms with E-state index in [9.17, 15) is 19.5 Å². The fourth-order valence-electron chi connectivity index (χ4n) is 3.42. The molecule has 0 bridgehead atoms. The molecule has 1 N–H and O–H groups in total. The molecule has 0 spiro atoms. The first kappa shape index (κ1) is 18.2. The van der Waals surface area contributed by atoms with Crippen LogP contribution in [0.5, 0.6) is 5.75 Å². The molecule has 2 aliphatic heterocycles. The number of nitrogens with zero attached hydrogens (tertiary/aromatic N) is 2. The van der Waals surface area contributed by atoms with Crippen LogP contribution in [-0.2, 0) is 19.1 Å². The van der Waals surface area contributed by atoms with Crippen LogP contribution in [0.25, 0.3) is 0 Å². The lowest BCUT2D eigenvalue weighted by Gasteiger charge is -2.34. The van der Waals surface area contributed by atoms with Crippen LogP contribution in [0, 0.1) is 12.8 Å². The number of carboxylic acid groups (broad SMARTS) is 1. The fourth-order valence-corrected chi connectivity index (χ4v) is 3.42. The summed E-state index contributed by atoms with van der Waals surface area (Å²) < 4.78 is 10.5. The number of hydrogen-bond acceptors (Lipinski definition) is 5. The average Bonchev–Trinajstić information content (AvgIpc) is 3.02.